The molecule has 0 bridgehead atoms. The van der Waals surface area contributed by atoms with E-state index < -0.39 is 17.5 Å². The Morgan fingerprint density at radius 1 is 1.35 bits per heavy atom. The van der Waals surface area contributed by atoms with Crippen LogP contribution in [-0.4, -0.2) is 36.2 Å². The van der Waals surface area contributed by atoms with Crippen molar-refractivity contribution in [3.05, 3.63) is 35.9 Å². The Kier molecular flexibility index (Phi) is 5.21. The van der Waals surface area contributed by atoms with Gasteiger partial charge in [0.05, 0.1) is 12.3 Å². The van der Waals surface area contributed by atoms with E-state index in [1.807, 2.05) is 19.1 Å². The van der Waals surface area contributed by atoms with E-state index in [9.17, 15) is 14.7 Å². The van der Waals surface area contributed by atoms with E-state index in [0.717, 1.165) is 6.42 Å². The fourth-order valence-electron chi connectivity index (χ4n) is 2.89. The fourth-order valence-corrected chi connectivity index (χ4v) is 2.89. The topological polar surface area (TPSA) is 66.8 Å². The lowest BCUT2D eigenvalue weighted by Gasteiger charge is -2.39. The van der Waals surface area contributed by atoms with Crippen molar-refractivity contribution in [2.24, 2.45) is 0 Å². The number of aliphatic hydroxyl groups is 1. The summed E-state index contributed by atoms with van der Waals surface area (Å²) in [5.74, 6) is -0.968. The van der Waals surface area contributed by atoms with Gasteiger partial charge < -0.3 is 14.7 Å². The molecule has 1 aromatic rings. The quantitative estimate of drug-likeness (QED) is 0.669. The van der Waals surface area contributed by atoms with Gasteiger partial charge in [-0.25, -0.2) is 4.79 Å². The van der Waals surface area contributed by atoms with E-state index in [2.05, 4.69) is 0 Å². The molecule has 1 N–H and O–H groups in total. The van der Waals surface area contributed by atoms with Crippen LogP contribution in [0.5, 0.6) is 0 Å². The Morgan fingerprint density at radius 2 is 2.04 bits per heavy atom. The molecule has 0 fully saturated rings. The highest BCUT2D eigenvalue weighted by molar-refractivity contribution is 6.16. The number of unbranched alkanes of at least 4 members (excludes halogenated alkanes) is 1. The first-order valence-corrected chi connectivity index (χ1v) is 7.94. The molecule has 5 heteroatoms. The van der Waals surface area contributed by atoms with E-state index in [1.54, 1.807) is 26.1 Å². The number of nitrogens with zero attached hydrogens (tertiary/aromatic N) is 1. The number of carbonyl (C=O) groups excluding carboxylic acids is 2. The standard InChI is InChI=1S/C18H23NO4/c1-4-6-11-18(22)14(12-16(20)23-5-2)13-9-7-8-10-15(13)19(3)17(18)21/h7-10,12,22H,4-6,11H2,1-3H3/b14-12-. The van der Waals surface area contributed by atoms with E-state index in [1.165, 1.54) is 11.0 Å². The minimum atomic E-state index is -1.70. The molecule has 0 radical (unpaired) electrons. The maximum atomic E-state index is 12.7. The summed E-state index contributed by atoms with van der Waals surface area (Å²) in [5, 5.41) is 11.1. The number of carbonyl (C=O) groups is 2. The highest BCUT2D eigenvalue weighted by Crippen LogP contribution is 2.42. The maximum absolute atomic E-state index is 12.7. The molecule has 0 saturated carbocycles. The summed E-state index contributed by atoms with van der Waals surface area (Å²) in [6.07, 6.45) is 3.04. The smallest absolute Gasteiger partial charge is 0.331 e. The molecule has 23 heavy (non-hydrogen) atoms. The molecule has 1 unspecified atom stereocenters. The third kappa shape index (κ3) is 3.15. The second kappa shape index (κ2) is 6.96. The van der Waals surface area contributed by atoms with Gasteiger partial charge >= 0.3 is 5.97 Å². The zero-order valence-corrected chi connectivity index (χ0v) is 13.8. The van der Waals surface area contributed by atoms with Crippen LogP contribution in [0.1, 0.15) is 38.7 Å². The van der Waals surface area contributed by atoms with Crippen LogP contribution in [0.25, 0.3) is 5.57 Å². The van der Waals surface area contributed by atoms with Gasteiger partial charge in [0, 0.05) is 24.3 Å². The van der Waals surface area contributed by atoms with Crippen LogP contribution >= 0.6 is 0 Å². The van der Waals surface area contributed by atoms with Gasteiger partial charge in [-0.15, -0.1) is 0 Å². The molecule has 2 rings (SSSR count). The number of amides is 1. The summed E-state index contributed by atoms with van der Waals surface area (Å²) < 4.78 is 4.97. The number of fused-ring (bicyclic) bond motifs is 1. The molecule has 1 amide bonds. The van der Waals surface area contributed by atoms with Gasteiger partial charge in [0.2, 0.25) is 0 Å². The third-order valence-corrected chi connectivity index (χ3v) is 4.10. The van der Waals surface area contributed by atoms with Crippen molar-refractivity contribution in [3.8, 4) is 0 Å². The first-order chi connectivity index (χ1) is 11.0. The van der Waals surface area contributed by atoms with Crippen LogP contribution in [0.4, 0.5) is 5.69 Å². The van der Waals surface area contributed by atoms with Crippen molar-refractivity contribution in [1.82, 2.24) is 0 Å². The Balaban J connectivity index is 2.60. The van der Waals surface area contributed by atoms with Gasteiger partial charge in [0.1, 0.15) is 0 Å². The second-order valence-corrected chi connectivity index (χ2v) is 5.66. The van der Waals surface area contributed by atoms with E-state index in [-0.39, 0.29) is 13.0 Å². The van der Waals surface area contributed by atoms with E-state index >= 15 is 0 Å². The fraction of sp³-hybridized carbons (Fsp3) is 0.444. The molecule has 5 nitrogen and oxygen atoms in total. The first-order valence-electron chi connectivity index (χ1n) is 7.94. The van der Waals surface area contributed by atoms with Gasteiger partial charge in [0.25, 0.3) is 5.91 Å². The summed E-state index contributed by atoms with van der Waals surface area (Å²) in [5.41, 5.74) is -0.0233. The van der Waals surface area contributed by atoms with Crippen LogP contribution in [0.15, 0.2) is 30.3 Å². The van der Waals surface area contributed by atoms with Gasteiger partial charge in [-0.3, -0.25) is 4.79 Å². The summed E-state index contributed by atoms with van der Waals surface area (Å²) in [4.78, 5) is 26.1. The maximum Gasteiger partial charge on any atom is 0.331 e. The predicted octanol–water partition coefficient (Wildman–Crippen LogP) is 2.53. The average Bonchev–Trinajstić information content (AvgIpc) is 2.55. The molecule has 0 aliphatic carbocycles. The summed E-state index contributed by atoms with van der Waals surface area (Å²) in [7, 11) is 1.64. The second-order valence-electron chi connectivity index (χ2n) is 5.66. The summed E-state index contributed by atoms with van der Waals surface area (Å²) in [6, 6.07) is 7.24. The monoisotopic (exact) mass is 317 g/mol. The zero-order valence-electron chi connectivity index (χ0n) is 13.8. The highest BCUT2D eigenvalue weighted by atomic mass is 16.5. The number of esters is 1. The summed E-state index contributed by atoms with van der Waals surface area (Å²) in [6.45, 7) is 3.95. The van der Waals surface area contributed by atoms with Crippen LogP contribution in [-0.2, 0) is 14.3 Å². The third-order valence-electron chi connectivity index (χ3n) is 4.10. The number of hydrogen-bond donors (Lipinski definition) is 1. The lowest BCUT2D eigenvalue weighted by molar-refractivity contribution is -0.137. The molecular formula is C18H23NO4. The van der Waals surface area contributed by atoms with Gasteiger partial charge in [-0.1, -0.05) is 31.5 Å². The lowest BCUT2D eigenvalue weighted by Crippen LogP contribution is -2.52. The van der Waals surface area contributed by atoms with Crippen LogP contribution in [0, 0.1) is 0 Å². The van der Waals surface area contributed by atoms with Crippen molar-refractivity contribution < 1.29 is 19.4 Å². The van der Waals surface area contributed by atoms with Crippen molar-refractivity contribution in [1.29, 1.82) is 0 Å². The molecule has 1 aromatic carbocycles. The lowest BCUT2D eigenvalue weighted by atomic mass is 9.79. The Labute approximate surface area is 136 Å². The number of para-hydroxylation sites is 1. The number of hydrogen-bond acceptors (Lipinski definition) is 4. The largest absolute Gasteiger partial charge is 0.463 e. The van der Waals surface area contributed by atoms with E-state index in [0.29, 0.717) is 23.2 Å². The number of ether oxygens (including phenoxy) is 1. The number of anilines is 1. The first kappa shape index (κ1) is 17.2. The minimum Gasteiger partial charge on any atom is -0.463 e. The molecule has 124 valence electrons. The molecule has 0 saturated heterocycles. The molecule has 1 aliphatic heterocycles. The number of benzene rings is 1. The average molecular weight is 317 g/mol. The number of rotatable bonds is 5. The minimum absolute atomic E-state index is 0.242. The van der Waals surface area contributed by atoms with Crippen LogP contribution in [0.2, 0.25) is 0 Å². The zero-order chi connectivity index (χ0) is 17.0. The Morgan fingerprint density at radius 3 is 2.70 bits per heavy atom. The molecule has 1 aliphatic rings. The Hall–Kier alpha value is -2.14. The van der Waals surface area contributed by atoms with E-state index in [4.69, 9.17) is 4.74 Å². The van der Waals surface area contributed by atoms with Crippen LogP contribution < -0.4 is 4.90 Å². The van der Waals surface area contributed by atoms with Crippen molar-refractivity contribution in [3.63, 3.8) is 0 Å². The van der Waals surface area contributed by atoms with Crippen LogP contribution in [0.3, 0.4) is 0 Å². The predicted molar refractivity (Wildman–Crippen MR) is 88.9 cm³/mol. The Bertz CT molecular complexity index is 638. The number of likely N-dealkylation sites (N-methyl/N-ethyl adjacent to an activating group) is 1. The normalized spacial score (nSPS) is 22.2. The molecule has 1 atom stereocenters. The van der Waals surface area contributed by atoms with Crippen molar-refractivity contribution >= 4 is 23.1 Å². The van der Waals surface area contributed by atoms with Crippen molar-refractivity contribution in [2.45, 2.75) is 38.7 Å². The van der Waals surface area contributed by atoms with Gasteiger partial charge in [0.15, 0.2) is 5.60 Å². The highest BCUT2D eigenvalue weighted by Gasteiger charge is 2.47. The molecule has 0 spiro atoms. The van der Waals surface area contributed by atoms with Gasteiger partial charge in [-0.05, 0) is 25.8 Å². The SMILES string of the molecule is CCCCC1(O)C(=O)N(C)c2ccccc2/C1=C/C(=O)OCC. The molecular weight excluding hydrogens is 294 g/mol. The van der Waals surface area contributed by atoms with Gasteiger partial charge in [-0.2, -0.15) is 0 Å². The summed E-state index contributed by atoms with van der Waals surface area (Å²) >= 11 is 0. The van der Waals surface area contributed by atoms with Crippen molar-refractivity contribution in [2.75, 3.05) is 18.6 Å². The molecule has 1 heterocycles. The molecule has 0 aromatic heterocycles.